The first-order chi connectivity index (χ1) is 18.6. The van der Waals surface area contributed by atoms with Crippen LogP contribution in [0.25, 0.3) is 0 Å². The van der Waals surface area contributed by atoms with Gasteiger partial charge >= 0.3 is 12.0 Å². The maximum atomic E-state index is 14.5. The number of nitrogens with zero attached hydrogens (tertiary/aromatic N) is 1. The van der Waals surface area contributed by atoms with E-state index < -0.39 is 24.2 Å². The molecule has 0 saturated carbocycles. The number of nitrogens with one attached hydrogen (secondary N) is 2. The lowest BCUT2D eigenvalue weighted by Crippen LogP contribution is -2.32. The van der Waals surface area contributed by atoms with Crippen LogP contribution in [0.5, 0.6) is 5.75 Å². The summed E-state index contributed by atoms with van der Waals surface area (Å²) in [6, 6.07) is 13.5. The van der Waals surface area contributed by atoms with Crippen LogP contribution in [0.3, 0.4) is 0 Å². The fourth-order valence-electron chi connectivity index (χ4n) is 4.60. The third-order valence-corrected chi connectivity index (χ3v) is 7.14. The second-order valence-electron chi connectivity index (χ2n) is 9.16. The zero-order valence-electron chi connectivity index (χ0n) is 21.1. The van der Waals surface area contributed by atoms with Crippen LogP contribution in [0.2, 0.25) is 10.0 Å². The van der Waals surface area contributed by atoms with Crippen LogP contribution >= 0.6 is 23.2 Å². The first-order valence-electron chi connectivity index (χ1n) is 12.0. The van der Waals surface area contributed by atoms with Crippen molar-refractivity contribution in [2.24, 2.45) is 0 Å². The molecule has 1 aliphatic rings. The Hall–Kier alpha value is -3.82. The number of likely N-dealkylation sites (tertiary alicyclic amines) is 1. The molecule has 1 fully saturated rings. The summed E-state index contributed by atoms with van der Waals surface area (Å²) >= 11 is 12.2. The molecule has 0 aliphatic carbocycles. The van der Waals surface area contributed by atoms with Crippen molar-refractivity contribution in [3.63, 3.8) is 0 Å². The lowest BCUT2D eigenvalue weighted by Gasteiger charge is -2.25. The van der Waals surface area contributed by atoms with Crippen molar-refractivity contribution in [1.29, 1.82) is 0 Å². The number of carboxylic acid groups (broad SMARTS) is 1. The van der Waals surface area contributed by atoms with E-state index in [1.54, 1.807) is 49.4 Å². The minimum absolute atomic E-state index is 0.0123. The number of alkyl halides is 1. The molecule has 4 rings (SSSR count). The van der Waals surface area contributed by atoms with Crippen LogP contribution in [0, 0.1) is 6.92 Å². The van der Waals surface area contributed by atoms with Gasteiger partial charge in [-0.15, -0.1) is 0 Å². The van der Waals surface area contributed by atoms with Crippen LogP contribution in [-0.2, 0) is 11.2 Å². The third kappa shape index (κ3) is 6.43. The molecule has 2 atom stereocenters. The number of aromatic carboxylic acids is 1. The van der Waals surface area contributed by atoms with E-state index in [1.165, 1.54) is 24.1 Å². The average molecular weight is 574 g/mol. The Bertz CT molecular complexity index is 1410. The van der Waals surface area contributed by atoms with Crippen LogP contribution < -0.4 is 15.4 Å². The number of urea groups is 1. The zero-order chi connectivity index (χ0) is 28.3. The van der Waals surface area contributed by atoms with E-state index in [-0.39, 0.29) is 36.6 Å². The van der Waals surface area contributed by atoms with Crippen molar-refractivity contribution in [1.82, 2.24) is 4.90 Å². The highest BCUT2D eigenvalue weighted by molar-refractivity contribution is 6.39. The molecule has 1 aliphatic heterocycles. The van der Waals surface area contributed by atoms with Gasteiger partial charge in [0.15, 0.2) is 0 Å². The minimum Gasteiger partial charge on any atom is -0.496 e. The summed E-state index contributed by atoms with van der Waals surface area (Å²) in [5.41, 5.74) is 2.82. The Kier molecular flexibility index (Phi) is 8.62. The van der Waals surface area contributed by atoms with E-state index >= 15 is 0 Å². The molecular formula is C28H26Cl2FN3O5. The number of aryl methyl sites for hydroxylation is 1. The lowest BCUT2D eigenvalue weighted by molar-refractivity contribution is -0.131. The van der Waals surface area contributed by atoms with Crippen molar-refractivity contribution in [3.8, 4) is 5.75 Å². The predicted octanol–water partition coefficient (Wildman–Crippen LogP) is 6.51. The van der Waals surface area contributed by atoms with Crippen LogP contribution in [0.4, 0.5) is 20.6 Å². The van der Waals surface area contributed by atoms with Gasteiger partial charge in [-0.3, -0.25) is 4.79 Å². The van der Waals surface area contributed by atoms with E-state index in [0.29, 0.717) is 32.5 Å². The lowest BCUT2D eigenvalue weighted by atomic mass is 10.0. The first-order valence-corrected chi connectivity index (χ1v) is 12.8. The minimum atomic E-state index is -1.21. The van der Waals surface area contributed by atoms with Crippen LogP contribution in [0.15, 0.2) is 54.6 Å². The molecule has 39 heavy (non-hydrogen) atoms. The Morgan fingerprint density at radius 2 is 1.79 bits per heavy atom. The third-order valence-electron chi connectivity index (χ3n) is 6.51. The normalized spacial score (nSPS) is 16.6. The molecule has 3 aromatic rings. The van der Waals surface area contributed by atoms with Gasteiger partial charge in [0, 0.05) is 12.1 Å². The number of carbonyl (C=O) groups is 3. The number of carbonyl (C=O) groups excluding carboxylic acids is 2. The fraction of sp³-hybridized carbons (Fsp3) is 0.250. The molecule has 8 nitrogen and oxygen atoms in total. The SMILES string of the molecule is COc1cc([C@@H]2C[C@H](F)CN2C(=O)Cc2ccc(NC(=O)Nc3c(Cl)cccc3Cl)c(C)c2)ccc1C(=O)O. The van der Waals surface area contributed by atoms with E-state index in [0.717, 1.165) is 5.56 Å². The Balaban J connectivity index is 1.45. The Morgan fingerprint density at radius 1 is 1.08 bits per heavy atom. The highest BCUT2D eigenvalue weighted by Crippen LogP contribution is 2.36. The molecule has 0 radical (unpaired) electrons. The molecule has 3 N–H and O–H groups in total. The fourth-order valence-corrected chi connectivity index (χ4v) is 5.10. The van der Waals surface area contributed by atoms with Gasteiger partial charge in [0.05, 0.1) is 41.8 Å². The van der Waals surface area contributed by atoms with Crippen molar-refractivity contribution >= 4 is 52.5 Å². The summed E-state index contributed by atoms with van der Waals surface area (Å²) in [5.74, 6) is -1.26. The maximum absolute atomic E-state index is 14.5. The van der Waals surface area contributed by atoms with Crippen molar-refractivity contribution in [3.05, 3.63) is 86.9 Å². The largest absolute Gasteiger partial charge is 0.496 e. The summed E-state index contributed by atoms with van der Waals surface area (Å²) in [6.45, 7) is 1.73. The van der Waals surface area contributed by atoms with Gasteiger partial charge in [-0.05, 0) is 53.9 Å². The van der Waals surface area contributed by atoms with Crippen LogP contribution in [0.1, 0.15) is 39.5 Å². The molecular weight excluding hydrogens is 548 g/mol. The van der Waals surface area contributed by atoms with Crippen LogP contribution in [-0.4, -0.2) is 47.7 Å². The predicted molar refractivity (Wildman–Crippen MR) is 148 cm³/mol. The number of halogens is 3. The van der Waals surface area contributed by atoms with Crippen molar-refractivity contribution < 1.29 is 28.6 Å². The second-order valence-corrected chi connectivity index (χ2v) is 9.98. The van der Waals surface area contributed by atoms with Gasteiger partial charge < -0.3 is 25.4 Å². The first kappa shape index (κ1) is 28.2. The number of hydrogen-bond acceptors (Lipinski definition) is 4. The van der Waals surface area contributed by atoms with E-state index in [9.17, 15) is 23.9 Å². The number of carboxylic acids is 1. The Labute approximate surface area is 234 Å². The number of anilines is 2. The quantitative estimate of drug-likeness (QED) is 0.298. The summed E-state index contributed by atoms with van der Waals surface area (Å²) < 4.78 is 19.7. The number of para-hydroxylation sites is 1. The van der Waals surface area contributed by atoms with Gasteiger partial charge in [0.1, 0.15) is 17.5 Å². The summed E-state index contributed by atoms with van der Waals surface area (Å²) in [4.78, 5) is 38.6. The number of ether oxygens (including phenoxy) is 1. The number of methoxy groups -OCH3 is 1. The highest BCUT2D eigenvalue weighted by atomic mass is 35.5. The molecule has 3 amide bonds. The summed E-state index contributed by atoms with van der Waals surface area (Å²) in [6.07, 6.45) is -1.08. The van der Waals surface area contributed by atoms with Gasteiger partial charge in [0.25, 0.3) is 0 Å². The molecule has 0 unspecified atom stereocenters. The average Bonchev–Trinajstić information content (AvgIpc) is 3.29. The molecule has 0 bridgehead atoms. The van der Waals surface area contributed by atoms with E-state index in [1.807, 2.05) is 0 Å². The molecule has 3 aromatic carbocycles. The smallest absolute Gasteiger partial charge is 0.339 e. The molecule has 204 valence electrons. The molecule has 1 saturated heterocycles. The highest BCUT2D eigenvalue weighted by Gasteiger charge is 2.36. The molecule has 11 heteroatoms. The van der Waals surface area contributed by atoms with Crippen molar-refractivity contribution in [2.75, 3.05) is 24.3 Å². The van der Waals surface area contributed by atoms with Crippen molar-refractivity contribution in [2.45, 2.75) is 32.0 Å². The second kappa shape index (κ2) is 11.9. The summed E-state index contributed by atoms with van der Waals surface area (Å²) in [5, 5.41) is 15.3. The number of hydrogen-bond donors (Lipinski definition) is 3. The number of rotatable bonds is 7. The van der Waals surface area contributed by atoms with E-state index in [2.05, 4.69) is 10.6 Å². The Morgan fingerprint density at radius 3 is 2.44 bits per heavy atom. The number of benzene rings is 3. The number of amides is 3. The molecule has 0 spiro atoms. The maximum Gasteiger partial charge on any atom is 0.339 e. The molecule has 0 aromatic heterocycles. The van der Waals surface area contributed by atoms with Gasteiger partial charge in [-0.1, -0.05) is 47.5 Å². The molecule has 1 heterocycles. The zero-order valence-corrected chi connectivity index (χ0v) is 22.6. The summed E-state index contributed by atoms with van der Waals surface area (Å²) in [7, 11) is 1.36. The van der Waals surface area contributed by atoms with Gasteiger partial charge in [-0.25, -0.2) is 14.0 Å². The van der Waals surface area contributed by atoms with Gasteiger partial charge in [0.2, 0.25) is 5.91 Å². The van der Waals surface area contributed by atoms with Gasteiger partial charge in [-0.2, -0.15) is 0 Å². The standard InChI is InChI=1S/C28H26Cl2FN3O5/c1-15-10-16(6-9-22(15)32-28(38)33-26-20(29)4-3-5-21(26)30)11-25(35)34-14-18(31)13-23(34)17-7-8-19(27(36)37)24(12-17)39-2/h3-10,12,18,23H,11,13-14H2,1-2H3,(H,36,37)(H2,32,33,38)/t18-,23-/m0/s1. The monoisotopic (exact) mass is 573 g/mol. The topological polar surface area (TPSA) is 108 Å². The van der Waals surface area contributed by atoms with E-state index in [4.69, 9.17) is 27.9 Å².